The van der Waals surface area contributed by atoms with Gasteiger partial charge in [-0.25, -0.2) is 0 Å². The van der Waals surface area contributed by atoms with Gasteiger partial charge >= 0.3 is 0 Å². The third kappa shape index (κ3) is 4.51. The highest BCUT2D eigenvalue weighted by atomic mass is 16.2. The molecule has 0 heterocycles. The first kappa shape index (κ1) is 10.1. The number of aliphatic hydroxyl groups is 1. The molecule has 0 atom stereocenters. The number of unbranched alkanes of at least 4 members (excludes halogenated alkanes) is 1. The van der Waals surface area contributed by atoms with Gasteiger partial charge in [-0.3, -0.25) is 4.79 Å². The first-order chi connectivity index (χ1) is 5.22. The van der Waals surface area contributed by atoms with Gasteiger partial charge in [0, 0.05) is 12.2 Å². The quantitative estimate of drug-likeness (QED) is 0.282. The van der Waals surface area contributed by atoms with E-state index in [0.717, 1.165) is 24.7 Å². The molecule has 0 bridgehead atoms. The van der Waals surface area contributed by atoms with Crippen molar-refractivity contribution >= 4 is 6.29 Å². The fourth-order valence-corrected chi connectivity index (χ4v) is 0.634. The van der Waals surface area contributed by atoms with Crippen LogP contribution in [0.15, 0.2) is 23.8 Å². The molecule has 0 fully saturated rings. The number of carbonyl (C=O) groups is 1. The van der Waals surface area contributed by atoms with Crippen molar-refractivity contribution in [1.82, 2.24) is 0 Å². The van der Waals surface area contributed by atoms with Crippen LogP contribution in [0.3, 0.4) is 0 Å². The number of hydrogen-bond donors (Lipinski definition) is 1. The van der Waals surface area contributed by atoms with Crippen LogP contribution in [-0.2, 0) is 4.79 Å². The monoisotopic (exact) mass is 154 g/mol. The van der Waals surface area contributed by atoms with Crippen molar-refractivity contribution in [3.05, 3.63) is 23.8 Å². The van der Waals surface area contributed by atoms with Gasteiger partial charge in [0.15, 0.2) is 0 Å². The molecule has 0 unspecified atom stereocenters. The van der Waals surface area contributed by atoms with Gasteiger partial charge < -0.3 is 5.11 Å². The van der Waals surface area contributed by atoms with Gasteiger partial charge in [-0.05, 0) is 25.3 Å². The van der Waals surface area contributed by atoms with Gasteiger partial charge in [0.1, 0.15) is 6.29 Å². The molecular weight excluding hydrogens is 140 g/mol. The van der Waals surface area contributed by atoms with Gasteiger partial charge in [-0.2, -0.15) is 0 Å². The zero-order chi connectivity index (χ0) is 8.69. The number of rotatable bonds is 5. The van der Waals surface area contributed by atoms with E-state index < -0.39 is 0 Å². The average Bonchev–Trinajstić information content (AvgIpc) is 2.03. The second kappa shape index (κ2) is 5.86. The maximum atomic E-state index is 10.2. The highest BCUT2D eigenvalue weighted by molar-refractivity contribution is 5.78. The normalized spacial score (nSPS) is 11.3. The predicted molar refractivity (Wildman–Crippen MR) is 45.3 cm³/mol. The fourth-order valence-electron chi connectivity index (χ4n) is 0.634. The lowest BCUT2D eigenvalue weighted by Crippen LogP contribution is -1.85. The molecule has 0 aliphatic heterocycles. The minimum absolute atomic E-state index is 0.192. The van der Waals surface area contributed by atoms with Crippen LogP contribution in [-0.4, -0.2) is 18.0 Å². The number of aldehydes is 1. The molecule has 0 saturated carbocycles. The summed E-state index contributed by atoms with van der Waals surface area (Å²) in [6, 6.07) is 0. The lowest BCUT2D eigenvalue weighted by molar-refractivity contribution is -0.104. The highest BCUT2D eigenvalue weighted by Crippen LogP contribution is 2.05. The van der Waals surface area contributed by atoms with Crippen LogP contribution in [0.4, 0.5) is 0 Å². The predicted octanol–water partition coefficient (Wildman–Crippen LogP) is 1.46. The Balaban J connectivity index is 3.80. The maximum absolute atomic E-state index is 10.2. The molecule has 0 aromatic rings. The van der Waals surface area contributed by atoms with Crippen molar-refractivity contribution in [2.75, 3.05) is 6.61 Å². The van der Waals surface area contributed by atoms with Crippen LogP contribution in [0, 0.1) is 0 Å². The van der Waals surface area contributed by atoms with E-state index in [1.54, 1.807) is 0 Å². The SMILES string of the molecule is C=C(C=O)/C(C)=C\CCCO. The summed E-state index contributed by atoms with van der Waals surface area (Å²) in [6.07, 6.45) is 4.19. The van der Waals surface area contributed by atoms with E-state index in [1.807, 2.05) is 13.0 Å². The smallest absolute Gasteiger partial charge is 0.149 e. The van der Waals surface area contributed by atoms with Crippen molar-refractivity contribution < 1.29 is 9.90 Å². The Morgan fingerprint density at radius 3 is 2.73 bits per heavy atom. The largest absolute Gasteiger partial charge is 0.396 e. The maximum Gasteiger partial charge on any atom is 0.149 e. The highest BCUT2D eigenvalue weighted by Gasteiger charge is 1.92. The molecule has 2 nitrogen and oxygen atoms in total. The molecule has 0 aliphatic carbocycles. The molecule has 0 aliphatic rings. The molecule has 2 heteroatoms. The lowest BCUT2D eigenvalue weighted by Gasteiger charge is -1.96. The third-order valence-electron chi connectivity index (χ3n) is 1.46. The summed E-state index contributed by atoms with van der Waals surface area (Å²) in [4.78, 5) is 10.2. The summed E-state index contributed by atoms with van der Waals surface area (Å²) in [7, 11) is 0. The number of carbonyl (C=O) groups excluding carboxylic acids is 1. The summed E-state index contributed by atoms with van der Waals surface area (Å²) in [5.74, 6) is 0. The van der Waals surface area contributed by atoms with Gasteiger partial charge in [0.05, 0.1) is 0 Å². The zero-order valence-corrected chi connectivity index (χ0v) is 6.84. The number of hydrogen-bond acceptors (Lipinski definition) is 2. The van der Waals surface area contributed by atoms with Crippen LogP contribution in [0.25, 0.3) is 0 Å². The van der Waals surface area contributed by atoms with Gasteiger partial charge in [-0.15, -0.1) is 0 Å². The molecule has 1 N–H and O–H groups in total. The van der Waals surface area contributed by atoms with Crippen molar-refractivity contribution in [3.8, 4) is 0 Å². The van der Waals surface area contributed by atoms with Crippen molar-refractivity contribution in [2.24, 2.45) is 0 Å². The summed E-state index contributed by atoms with van der Waals surface area (Å²) < 4.78 is 0. The zero-order valence-electron chi connectivity index (χ0n) is 6.84. The van der Waals surface area contributed by atoms with Crippen molar-refractivity contribution in [2.45, 2.75) is 19.8 Å². The van der Waals surface area contributed by atoms with Gasteiger partial charge in [0.2, 0.25) is 0 Å². The first-order valence-corrected chi connectivity index (χ1v) is 3.64. The molecule has 0 saturated heterocycles. The Morgan fingerprint density at radius 2 is 2.27 bits per heavy atom. The molecule has 62 valence electrons. The second-order valence-electron chi connectivity index (χ2n) is 2.40. The van der Waals surface area contributed by atoms with Gasteiger partial charge in [-0.1, -0.05) is 12.7 Å². The minimum atomic E-state index is 0.192. The first-order valence-electron chi connectivity index (χ1n) is 3.64. The molecule has 0 amide bonds. The molecule has 0 aromatic heterocycles. The Morgan fingerprint density at radius 1 is 1.64 bits per heavy atom. The van der Waals surface area contributed by atoms with Crippen LogP contribution < -0.4 is 0 Å². The van der Waals surface area contributed by atoms with Crippen molar-refractivity contribution in [3.63, 3.8) is 0 Å². The Labute approximate surface area is 67.2 Å². The number of allylic oxidation sites excluding steroid dienone is 3. The Kier molecular flexibility index (Phi) is 5.39. The van der Waals surface area contributed by atoms with Crippen LogP contribution in [0.2, 0.25) is 0 Å². The summed E-state index contributed by atoms with van der Waals surface area (Å²) in [5.41, 5.74) is 1.41. The van der Waals surface area contributed by atoms with Crippen LogP contribution >= 0.6 is 0 Å². The van der Waals surface area contributed by atoms with E-state index in [0.29, 0.717) is 5.57 Å². The Bertz CT molecular complexity index is 168. The topological polar surface area (TPSA) is 37.3 Å². The van der Waals surface area contributed by atoms with E-state index in [4.69, 9.17) is 5.11 Å². The second-order valence-corrected chi connectivity index (χ2v) is 2.40. The molecule has 0 radical (unpaired) electrons. The number of aliphatic hydroxyl groups excluding tert-OH is 1. The minimum Gasteiger partial charge on any atom is -0.396 e. The average molecular weight is 154 g/mol. The fraction of sp³-hybridized carbons (Fsp3) is 0.444. The summed E-state index contributed by atoms with van der Waals surface area (Å²) in [6.45, 7) is 5.59. The molecular formula is C9H14O2. The van der Waals surface area contributed by atoms with E-state index >= 15 is 0 Å². The van der Waals surface area contributed by atoms with E-state index in [2.05, 4.69) is 6.58 Å². The summed E-state index contributed by atoms with van der Waals surface area (Å²) in [5, 5.41) is 8.45. The molecule has 0 spiro atoms. The molecule has 11 heavy (non-hydrogen) atoms. The van der Waals surface area contributed by atoms with Crippen LogP contribution in [0.5, 0.6) is 0 Å². The third-order valence-corrected chi connectivity index (χ3v) is 1.46. The van der Waals surface area contributed by atoms with Crippen molar-refractivity contribution in [1.29, 1.82) is 0 Å². The van der Waals surface area contributed by atoms with E-state index in [9.17, 15) is 4.79 Å². The molecule has 0 aromatic carbocycles. The Hall–Kier alpha value is -0.890. The standard InChI is InChI=1S/C9H14O2/c1-8(9(2)7-11)5-3-4-6-10/h5,7,10H,2-4,6H2,1H3/b8-5-. The molecule has 0 rings (SSSR count). The van der Waals surface area contributed by atoms with E-state index in [-0.39, 0.29) is 6.61 Å². The van der Waals surface area contributed by atoms with E-state index in [1.165, 1.54) is 0 Å². The lowest BCUT2D eigenvalue weighted by atomic mass is 10.1. The van der Waals surface area contributed by atoms with Crippen LogP contribution in [0.1, 0.15) is 19.8 Å². The van der Waals surface area contributed by atoms with Gasteiger partial charge in [0.25, 0.3) is 0 Å². The summed E-state index contributed by atoms with van der Waals surface area (Å²) >= 11 is 0.